The van der Waals surface area contributed by atoms with Crippen LogP contribution in [0.1, 0.15) is 70.8 Å². The molecule has 6 atom stereocenters. The van der Waals surface area contributed by atoms with Crippen molar-refractivity contribution in [2.24, 2.45) is 11.8 Å². The molecule has 3 rings (SSSR count). The fourth-order valence-corrected chi connectivity index (χ4v) is 5.23. The van der Waals surface area contributed by atoms with Crippen LogP contribution in [0.3, 0.4) is 0 Å². The third-order valence-electron chi connectivity index (χ3n) is 6.87. The molecule has 0 aromatic heterocycles. The van der Waals surface area contributed by atoms with Gasteiger partial charge in [0.05, 0.1) is 18.8 Å². The van der Waals surface area contributed by atoms with Crippen molar-refractivity contribution in [1.82, 2.24) is 0 Å². The lowest BCUT2D eigenvalue weighted by atomic mass is 9.70. The summed E-state index contributed by atoms with van der Waals surface area (Å²) in [6.07, 6.45) is 9.52. The monoisotopic (exact) mass is 430 g/mol. The molecule has 172 valence electrons. The van der Waals surface area contributed by atoms with Crippen molar-refractivity contribution in [1.29, 1.82) is 0 Å². The van der Waals surface area contributed by atoms with E-state index in [9.17, 15) is 9.90 Å². The molecule has 2 aliphatic heterocycles. The highest BCUT2D eigenvalue weighted by molar-refractivity contribution is 5.72. The normalized spacial score (nSPS) is 26.9. The van der Waals surface area contributed by atoms with Gasteiger partial charge >= 0.3 is 5.97 Å². The Morgan fingerprint density at radius 3 is 2.87 bits per heavy atom. The molecule has 1 aromatic rings. The Morgan fingerprint density at radius 2 is 2.13 bits per heavy atom. The quantitative estimate of drug-likeness (QED) is 0.326. The maximum absolute atomic E-state index is 11.6. The summed E-state index contributed by atoms with van der Waals surface area (Å²) in [5.41, 5.74) is 1.19. The topological polar surface area (TPSA) is 65.0 Å². The van der Waals surface area contributed by atoms with E-state index in [1.807, 2.05) is 37.3 Å². The molecule has 0 aliphatic carbocycles. The van der Waals surface area contributed by atoms with E-state index in [1.165, 1.54) is 5.56 Å². The minimum Gasteiger partial charge on any atom is -0.479 e. The third-order valence-corrected chi connectivity index (χ3v) is 6.87. The van der Waals surface area contributed by atoms with Crippen LogP contribution in [0.15, 0.2) is 36.4 Å². The second-order valence-electron chi connectivity index (χ2n) is 8.91. The number of unbranched alkanes of at least 4 members (excludes halogenated alkanes) is 1. The second-order valence-corrected chi connectivity index (χ2v) is 8.91. The Morgan fingerprint density at radius 1 is 1.32 bits per heavy atom. The first-order chi connectivity index (χ1) is 15.0. The maximum Gasteiger partial charge on any atom is 0.344 e. The Hall–Kier alpha value is -1.85. The van der Waals surface area contributed by atoms with Gasteiger partial charge in [0.2, 0.25) is 0 Å². The highest BCUT2D eigenvalue weighted by Crippen LogP contribution is 2.50. The molecule has 6 unspecified atom stereocenters. The Labute approximate surface area is 186 Å². The van der Waals surface area contributed by atoms with Crippen LogP contribution in [0.4, 0.5) is 0 Å². The summed E-state index contributed by atoms with van der Waals surface area (Å²) in [5, 5.41) is 9.50. The van der Waals surface area contributed by atoms with E-state index in [0.29, 0.717) is 48.7 Å². The van der Waals surface area contributed by atoms with Crippen molar-refractivity contribution in [3.63, 3.8) is 0 Å². The Kier molecular flexibility index (Phi) is 8.97. The number of hydrogen-bond donors (Lipinski definition) is 1. The highest BCUT2D eigenvalue weighted by Gasteiger charge is 2.50. The lowest BCUT2D eigenvalue weighted by molar-refractivity contribution is -0.145. The first-order valence-electron chi connectivity index (χ1n) is 11.9. The molecule has 1 N–H and O–H groups in total. The van der Waals surface area contributed by atoms with Crippen LogP contribution in [0.2, 0.25) is 0 Å². The number of hydrogen-bond acceptors (Lipinski definition) is 4. The number of carbonyl (C=O) groups is 1. The van der Waals surface area contributed by atoms with Crippen LogP contribution in [-0.4, -0.2) is 42.6 Å². The first-order valence-corrected chi connectivity index (χ1v) is 11.9. The third kappa shape index (κ3) is 6.11. The van der Waals surface area contributed by atoms with E-state index < -0.39 is 12.1 Å². The van der Waals surface area contributed by atoms with E-state index in [0.717, 1.165) is 38.7 Å². The van der Waals surface area contributed by atoms with Crippen molar-refractivity contribution in [3.8, 4) is 5.75 Å². The van der Waals surface area contributed by atoms with Crippen molar-refractivity contribution in [3.05, 3.63) is 42.0 Å². The van der Waals surface area contributed by atoms with Crippen LogP contribution in [0, 0.1) is 11.8 Å². The summed E-state index contributed by atoms with van der Waals surface area (Å²) in [5.74, 6) is 1.02. The van der Waals surface area contributed by atoms with Crippen LogP contribution < -0.4 is 4.74 Å². The lowest BCUT2D eigenvalue weighted by Gasteiger charge is -2.33. The number of fused-ring (bicyclic) bond motifs is 2. The Bertz CT molecular complexity index is 730. The zero-order valence-corrected chi connectivity index (χ0v) is 19.2. The maximum atomic E-state index is 11.6. The zero-order chi connectivity index (χ0) is 22.2. The summed E-state index contributed by atoms with van der Waals surface area (Å²) in [6.45, 7) is 7.76. The van der Waals surface area contributed by atoms with Crippen LogP contribution in [-0.2, 0) is 14.3 Å². The van der Waals surface area contributed by atoms with Gasteiger partial charge in [0.25, 0.3) is 0 Å². The van der Waals surface area contributed by atoms with Gasteiger partial charge in [-0.1, -0.05) is 44.6 Å². The molecule has 2 fully saturated rings. The molecule has 2 saturated heterocycles. The summed E-state index contributed by atoms with van der Waals surface area (Å²) < 4.78 is 18.0. The van der Waals surface area contributed by atoms with Gasteiger partial charge in [0, 0.05) is 6.61 Å². The largest absolute Gasteiger partial charge is 0.479 e. The molecule has 1 aromatic carbocycles. The van der Waals surface area contributed by atoms with Crippen LogP contribution >= 0.6 is 0 Å². The number of allylic oxidation sites excluding steroid dienone is 1. The SMILES string of the molecule is C/C=C/COCCC1C2CCC(O2)C1C(C)c1cccc(OC(CCCC)C(=O)O)c1. The molecule has 2 aliphatic rings. The minimum absolute atomic E-state index is 0.307. The molecule has 5 heteroatoms. The number of benzene rings is 1. The van der Waals surface area contributed by atoms with Crippen LogP contribution in [0.25, 0.3) is 0 Å². The van der Waals surface area contributed by atoms with Crippen LogP contribution in [0.5, 0.6) is 5.75 Å². The molecule has 2 bridgehead atoms. The van der Waals surface area contributed by atoms with Gasteiger partial charge in [-0.15, -0.1) is 0 Å². The molecular formula is C26H38O5. The van der Waals surface area contributed by atoms with Gasteiger partial charge in [-0.05, 0) is 74.5 Å². The fraction of sp³-hybridized carbons (Fsp3) is 0.654. The molecule has 0 amide bonds. The Balaban J connectivity index is 1.67. The fourth-order valence-electron chi connectivity index (χ4n) is 5.23. The van der Waals surface area contributed by atoms with Gasteiger partial charge < -0.3 is 19.3 Å². The molecule has 31 heavy (non-hydrogen) atoms. The number of carboxylic acid groups (broad SMARTS) is 1. The highest BCUT2D eigenvalue weighted by atomic mass is 16.5. The number of aliphatic carboxylic acids is 1. The van der Waals surface area contributed by atoms with Gasteiger partial charge in [-0.3, -0.25) is 0 Å². The number of carboxylic acids is 1. The first kappa shape index (κ1) is 23.8. The summed E-state index contributed by atoms with van der Waals surface area (Å²) in [4.78, 5) is 11.6. The van der Waals surface area contributed by atoms with Crippen molar-refractivity contribution in [2.75, 3.05) is 13.2 Å². The molecule has 0 radical (unpaired) electrons. The van der Waals surface area contributed by atoms with E-state index in [4.69, 9.17) is 14.2 Å². The van der Waals surface area contributed by atoms with Gasteiger partial charge in [-0.25, -0.2) is 4.79 Å². The second kappa shape index (κ2) is 11.7. The summed E-state index contributed by atoms with van der Waals surface area (Å²) >= 11 is 0. The van der Waals surface area contributed by atoms with Gasteiger partial charge in [0.15, 0.2) is 6.10 Å². The van der Waals surface area contributed by atoms with Crippen molar-refractivity contribution >= 4 is 5.97 Å². The molecule has 2 heterocycles. The summed E-state index contributed by atoms with van der Waals surface area (Å²) in [6, 6.07) is 7.99. The lowest BCUT2D eigenvalue weighted by Crippen LogP contribution is -2.32. The van der Waals surface area contributed by atoms with Gasteiger partial charge in [-0.2, -0.15) is 0 Å². The number of rotatable bonds is 13. The minimum atomic E-state index is -0.897. The standard InChI is InChI=1S/C26H38O5/c1-4-6-11-24(26(27)28)30-20-10-8-9-19(17-20)18(3)25-21(14-16-29-15-7-5-2)22-12-13-23(25)31-22/h5,7-10,17-18,21-25H,4,6,11-16H2,1-3H3,(H,27,28)/b7-5+. The smallest absolute Gasteiger partial charge is 0.344 e. The van der Waals surface area contributed by atoms with E-state index in [2.05, 4.69) is 19.9 Å². The van der Waals surface area contributed by atoms with E-state index >= 15 is 0 Å². The average Bonchev–Trinajstić information content (AvgIpc) is 3.38. The summed E-state index contributed by atoms with van der Waals surface area (Å²) in [7, 11) is 0. The van der Waals surface area contributed by atoms with Crippen molar-refractivity contribution < 1.29 is 24.1 Å². The number of ether oxygens (including phenoxy) is 3. The molecule has 0 spiro atoms. The van der Waals surface area contributed by atoms with E-state index in [1.54, 1.807) is 0 Å². The zero-order valence-electron chi connectivity index (χ0n) is 19.2. The molecule has 5 nitrogen and oxygen atoms in total. The molecule has 0 saturated carbocycles. The average molecular weight is 431 g/mol. The van der Waals surface area contributed by atoms with E-state index in [-0.39, 0.29) is 0 Å². The molecular weight excluding hydrogens is 392 g/mol. The predicted molar refractivity (Wildman–Crippen MR) is 122 cm³/mol. The van der Waals surface area contributed by atoms with Gasteiger partial charge in [0.1, 0.15) is 5.75 Å². The van der Waals surface area contributed by atoms with Crippen molar-refractivity contribution in [2.45, 2.75) is 83.5 Å². The predicted octanol–water partition coefficient (Wildman–Crippen LogP) is 5.59.